The van der Waals surface area contributed by atoms with E-state index in [0.29, 0.717) is 0 Å². The first-order valence-corrected chi connectivity index (χ1v) is 7.14. The van der Waals surface area contributed by atoms with Crippen molar-refractivity contribution in [3.63, 3.8) is 0 Å². The summed E-state index contributed by atoms with van der Waals surface area (Å²) < 4.78 is 0. The second kappa shape index (κ2) is 4.31. The molecule has 4 nitrogen and oxygen atoms in total. The number of rotatable bonds is 0. The predicted molar refractivity (Wildman–Crippen MR) is 85.8 cm³/mol. The molecule has 0 fully saturated rings. The summed E-state index contributed by atoms with van der Waals surface area (Å²) in [5.74, 6) is -0.408. The number of carbonyl (C=O) groups is 2. The van der Waals surface area contributed by atoms with Gasteiger partial charge >= 0.3 is 0 Å². The molecule has 0 unspecified atom stereocenters. The Bertz CT molecular complexity index is 796. The number of amides is 2. The molecule has 2 bridgehead atoms. The average Bonchev–Trinajstić information content (AvgIpc) is 2.48. The second-order valence-corrected chi connectivity index (χ2v) is 5.66. The molecule has 0 atom stereocenters. The summed E-state index contributed by atoms with van der Waals surface area (Å²) in [4.78, 5) is 28.5. The Morgan fingerprint density at radius 2 is 1.05 bits per heavy atom. The van der Waals surface area contributed by atoms with Gasteiger partial charge in [-0.1, -0.05) is 12.1 Å². The van der Waals surface area contributed by atoms with Crippen molar-refractivity contribution in [2.24, 2.45) is 0 Å². The van der Waals surface area contributed by atoms with Crippen molar-refractivity contribution in [3.05, 3.63) is 59.7 Å². The van der Waals surface area contributed by atoms with Gasteiger partial charge < -0.3 is 0 Å². The van der Waals surface area contributed by atoms with E-state index < -0.39 is 0 Å². The summed E-state index contributed by atoms with van der Waals surface area (Å²) in [6.07, 6.45) is 2.67. The van der Waals surface area contributed by atoms with Crippen LogP contribution in [0.1, 0.15) is 11.1 Å². The van der Waals surface area contributed by atoms with E-state index in [0.717, 1.165) is 33.9 Å². The van der Waals surface area contributed by atoms with Gasteiger partial charge in [-0.05, 0) is 49.2 Å². The minimum absolute atomic E-state index is 0.204. The van der Waals surface area contributed by atoms with E-state index in [1.54, 1.807) is 9.80 Å². The van der Waals surface area contributed by atoms with E-state index >= 15 is 0 Å². The van der Waals surface area contributed by atoms with Gasteiger partial charge in [-0.3, -0.25) is 19.4 Å². The molecule has 4 heteroatoms. The Hall–Kier alpha value is -2.88. The lowest BCUT2D eigenvalue weighted by atomic mass is 10.0. The number of nitrogens with zero attached hydrogens (tertiary/aromatic N) is 2. The Balaban J connectivity index is 2.12. The highest BCUT2D eigenvalue weighted by Gasteiger charge is 2.35. The number of fused-ring (bicyclic) bond motifs is 3. The molecule has 4 rings (SSSR count). The van der Waals surface area contributed by atoms with Crippen LogP contribution in [0, 0.1) is 13.8 Å². The SMILES string of the molecule is Cc1ccc2c(c1)N1C(=O)/C=C\C(=O)N2c2cc(C)ccc21. The van der Waals surface area contributed by atoms with Crippen LogP contribution in [0.5, 0.6) is 0 Å². The zero-order chi connectivity index (χ0) is 15.4. The third-order valence-corrected chi connectivity index (χ3v) is 4.03. The van der Waals surface area contributed by atoms with Crippen molar-refractivity contribution in [1.29, 1.82) is 0 Å². The summed E-state index contributed by atoms with van der Waals surface area (Å²) >= 11 is 0. The van der Waals surface area contributed by atoms with E-state index in [2.05, 4.69) is 0 Å². The maximum absolute atomic E-state index is 12.6. The molecule has 0 aromatic heterocycles. The average molecular weight is 290 g/mol. The molecule has 2 heterocycles. The summed E-state index contributed by atoms with van der Waals surface area (Å²) in [6, 6.07) is 11.6. The summed E-state index contributed by atoms with van der Waals surface area (Å²) in [5.41, 5.74) is 5.07. The summed E-state index contributed by atoms with van der Waals surface area (Å²) in [7, 11) is 0. The van der Waals surface area contributed by atoms with Crippen molar-refractivity contribution in [2.45, 2.75) is 13.8 Å². The highest BCUT2D eigenvalue weighted by Crippen LogP contribution is 2.49. The monoisotopic (exact) mass is 290 g/mol. The maximum Gasteiger partial charge on any atom is 0.255 e. The molecule has 2 aromatic carbocycles. The topological polar surface area (TPSA) is 40.6 Å². The second-order valence-electron chi connectivity index (χ2n) is 5.66. The van der Waals surface area contributed by atoms with E-state index in [1.165, 1.54) is 12.2 Å². The van der Waals surface area contributed by atoms with Crippen molar-refractivity contribution in [1.82, 2.24) is 0 Å². The van der Waals surface area contributed by atoms with Crippen molar-refractivity contribution < 1.29 is 9.59 Å². The van der Waals surface area contributed by atoms with Gasteiger partial charge in [0.15, 0.2) is 0 Å². The summed E-state index contributed by atoms with van der Waals surface area (Å²) in [6.45, 7) is 3.95. The maximum atomic E-state index is 12.6. The zero-order valence-electron chi connectivity index (χ0n) is 12.3. The molecular weight excluding hydrogens is 276 g/mol. The van der Waals surface area contributed by atoms with E-state index in [4.69, 9.17) is 0 Å². The largest absolute Gasteiger partial charge is 0.273 e. The van der Waals surface area contributed by atoms with Gasteiger partial charge in [0, 0.05) is 12.2 Å². The van der Waals surface area contributed by atoms with Crippen LogP contribution in [0.4, 0.5) is 22.7 Å². The third-order valence-electron chi connectivity index (χ3n) is 4.03. The normalized spacial score (nSPS) is 17.0. The van der Waals surface area contributed by atoms with Crippen molar-refractivity contribution >= 4 is 34.6 Å². The molecule has 0 saturated heterocycles. The van der Waals surface area contributed by atoms with Gasteiger partial charge in [-0.25, -0.2) is 0 Å². The number of benzene rings is 2. The lowest BCUT2D eigenvalue weighted by molar-refractivity contribution is -0.116. The first-order chi connectivity index (χ1) is 10.6. The Kier molecular flexibility index (Phi) is 2.51. The molecular formula is C18H14N2O2. The number of hydrogen-bond acceptors (Lipinski definition) is 2. The minimum Gasteiger partial charge on any atom is -0.273 e. The quantitative estimate of drug-likeness (QED) is 0.745. The van der Waals surface area contributed by atoms with Crippen molar-refractivity contribution in [3.8, 4) is 0 Å². The molecule has 2 amide bonds. The molecule has 0 radical (unpaired) electrons. The predicted octanol–water partition coefficient (Wildman–Crippen LogP) is 3.52. The van der Waals surface area contributed by atoms with Crippen LogP contribution in [-0.4, -0.2) is 11.8 Å². The van der Waals surface area contributed by atoms with Crippen LogP contribution in [0.15, 0.2) is 48.6 Å². The zero-order valence-corrected chi connectivity index (χ0v) is 12.3. The van der Waals surface area contributed by atoms with Crippen LogP contribution in [0.25, 0.3) is 0 Å². The fourth-order valence-electron chi connectivity index (χ4n) is 3.03. The van der Waals surface area contributed by atoms with Crippen LogP contribution in [0.3, 0.4) is 0 Å². The molecule has 0 N–H and O–H groups in total. The molecule has 2 aliphatic rings. The Morgan fingerprint density at radius 3 is 1.45 bits per heavy atom. The van der Waals surface area contributed by atoms with Gasteiger partial charge in [0.05, 0.1) is 22.7 Å². The lowest BCUT2D eigenvalue weighted by Crippen LogP contribution is -2.37. The minimum atomic E-state index is -0.204. The molecule has 0 aliphatic carbocycles. The number of anilines is 4. The van der Waals surface area contributed by atoms with Gasteiger partial charge in [-0.2, -0.15) is 0 Å². The van der Waals surface area contributed by atoms with Gasteiger partial charge in [0.1, 0.15) is 0 Å². The molecule has 108 valence electrons. The number of hydrogen-bond donors (Lipinski definition) is 0. The van der Waals surface area contributed by atoms with E-state index in [1.807, 2.05) is 50.2 Å². The smallest absolute Gasteiger partial charge is 0.255 e. The van der Waals surface area contributed by atoms with Crippen LogP contribution < -0.4 is 9.80 Å². The standard InChI is InChI=1S/C18H14N2O2/c1-11-3-5-13-15(9-11)19-14-6-4-12(2)10-16(14)20(13)18(22)8-7-17(19)21/h3-10H,1-2H3/b8-7-. The molecule has 2 aliphatic heterocycles. The molecule has 2 aromatic rings. The Labute approximate surface area is 128 Å². The van der Waals surface area contributed by atoms with Crippen molar-refractivity contribution in [2.75, 3.05) is 9.80 Å². The van der Waals surface area contributed by atoms with E-state index in [9.17, 15) is 9.59 Å². The van der Waals surface area contributed by atoms with Crippen LogP contribution >= 0.6 is 0 Å². The first-order valence-electron chi connectivity index (χ1n) is 7.14. The number of carbonyl (C=O) groups excluding carboxylic acids is 2. The fraction of sp³-hybridized carbons (Fsp3) is 0.111. The van der Waals surface area contributed by atoms with Gasteiger partial charge in [0.25, 0.3) is 11.8 Å². The first kappa shape index (κ1) is 12.8. The van der Waals surface area contributed by atoms with Gasteiger partial charge in [-0.15, -0.1) is 0 Å². The number of aryl methyl sites for hydroxylation is 2. The molecule has 22 heavy (non-hydrogen) atoms. The Morgan fingerprint density at radius 1 is 0.636 bits per heavy atom. The highest BCUT2D eigenvalue weighted by molar-refractivity contribution is 6.24. The lowest BCUT2D eigenvalue weighted by Gasteiger charge is -2.39. The summed E-state index contributed by atoms with van der Waals surface area (Å²) in [5, 5.41) is 0. The van der Waals surface area contributed by atoms with Crippen LogP contribution in [0.2, 0.25) is 0 Å². The van der Waals surface area contributed by atoms with Crippen LogP contribution in [-0.2, 0) is 9.59 Å². The molecule has 0 saturated carbocycles. The third kappa shape index (κ3) is 1.64. The fourth-order valence-corrected chi connectivity index (χ4v) is 3.03. The van der Waals surface area contributed by atoms with Gasteiger partial charge in [0.2, 0.25) is 0 Å². The molecule has 0 spiro atoms. The highest BCUT2D eigenvalue weighted by atomic mass is 16.2. The van der Waals surface area contributed by atoms with E-state index in [-0.39, 0.29) is 11.8 Å².